The molecule has 0 heterocycles. The van der Waals surface area contributed by atoms with Crippen molar-refractivity contribution in [2.45, 2.75) is 12.2 Å². The zero-order valence-corrected chi connectivity index (χ0v) is 12.8. The predicted octanol–water partition coefficient (Wildman–Crippen LogP) is 3.14. The van der Waals surface area contributed by atoms with E-state index in [1.165, 1.54) is 6.07 Å². The first-order valence-electron chi connectivity index (χ1n) is 6.42. The van der Waals surface area contributed by atoms with Gasteiger partial charge in [0, 0.05) is 11.6 Å². The summed E-state index contributed by atoms with van der Waals surface area (Å²) < 4.78 is 39.8. The molecule has 0 atom stereocenters. The molecule has 0 aromatic heterocycles. The SMILES string of the molecule is O=S(=O)(Cc1ccccc1Cl)NCCc1ccccc1F. The fourth-order valence-electron chi connectivity index (χ4n) is 1.91. The van der Waals surface area contributed by atoms with E-state index in [9.17, 15) is 12.8 Å². The van der Waals surface area contributed by atoms with Gasteiger partial charge in [-0.1, -0.05) is 48.0 Å². The average Bonchev–Trinajstić information content (AvgIpc) is 2.43. The number of hydrogen-bond acceptors (Lipinski definition) is 2. The van der Waals surface area contributed by atoms with Crippen LogP contribution in [0.2, 0.25) is 5.02 Å². The first-order chi connectivity index (χ1) is 9.98. The maximum atomic E-state index is 13.4. The molecule has 0 saturated carbocycles. The van der Waals surface area contributed by atoms with Crippen molar-refractivity contribution >= 4 is 21.6 Å². The van der Waals surface area contributed by atoms with Crippen molar-refractivity contribution < 1.29 is 12.8 Å². The van der Waals surface area contributed by atoms with E-state index in [4.69, 9.17) is 11.6 Å². The lowest BCUT2D eigenvalue weighted by Crippen LogP contribution is -2.27. The van der Waals surface area contributed by atoms with E-state index in [-0.39, 0.29) is 18.1 Å². The molecule has 3 nitrogen and oxygen atoms in total. The Hall–Kier alpha value is -1.43. The summed E-state index contributed by atoms with van der Waals surface area (Å²) in [5.74, 6) is -0.521. The van der Waals surface area contributed by atoms with Crippen LogP contribution in [0.4, 0.5) is 4.39 Å². The van der Waals surface area contributed by atoms with Crippen molar-refractivity contribution in [2.75, 3.05) is 6.54 Å². The monoisotopic (exact) mass is 327 g/mol. The minimum atomic E-state index is -3.50. The summed E-state index contributed by atoms with van der Waals surface area (Å²) in [7, 11) is -3.50. The van der Waals surface area contributed by atoms with Crippen LogP contribution in [0.5, 0.6) is 0 Å². The highest BCUT2D eigenvalue weighted by atomic mass is 35.5. The van der Waals surface area contributed by atoms with E-state index in [2.05, 4.69) is 4.72 Å². The van der Waals surface area contributed by atoms with Crippen LogP contribution in [-0.2, 0) is 22.2 Å². The van der Waals surface area contributed by atoms with Gasteiger partial charge in [-0.15, -0.1) is 0 Å². The molecule has 2 aromatic carbocycles. The lowest BCUT2D eigenvalue weighted by Gasteiger charge is -2.08. The molecule has 0 aliphatic heterocycles. The summed E-state index contributed by atoms with van der Waals surface area (Å²) in [5, 5.41) is 0.414. The number of hydrogen-bond donors (Lipinski definition) is 1. The number of rotatable bonds is 6. The largest absolute Gasteiger partial charge is 0.215 e. The van der Waals surface area contributed by atoms with Crippen LogP contribution in [0, 0.1) is 5.82 Å². The smallest absolute Gasteiger partial charge is 0.215 e. The van der Waals surface area contributed by atoms with Crippen LogP contribution in [0.15, 0.2) is 48.5 Å². The van der Waals surface area contributed by atoms with Crippen LogP contribution in [-0.4, -0.2) is 15.0 Å². The van der Waals surface area contributed by atoms with Gasteiger partial charge in [-0.05, 0) is 29.7 Å². The zero-order chi connectivity index (χ0) is 15.3. The van der Waals surface area contributed by atoms with Gasteiger partial charge in [-0.2, -0.15) is 0 Å². The Morgan fingerprint density at radius 2 is 1.62 bits per heavy atom. The Morgan fingerprint density at radius 3 is 2.29 bits per heavy atom. The minimum absolute atomic E-state index is 0.147. The summed E-state index contributed by atoms with van der Waals surface area (Å²) in [6.07, 6.45) is 0.300. The molecule has 0 saturated heterocycles. The Kier molecular flexibility index (Phi) is 5.33. The van der Waals surface area contributed by atoms with E-state index in [1.54, 1.807) is 42.5 Å². The Labute approximate surface area is 128 Å². The molecular formula is C15H15ClFNO2S. The van der Waals surface area contributed by atoms with E-state index < -0.39 is 10.0 Å². The Bertz CT molecular complexity index is 719. The number of halogens is 2. The summed E-state index contributed by atoms with van der Waals surface area (Å²) in [6, 6.07) is 13.1. The molecule has 0 aliphatic rings. The molecular weight excluding hydrogens is 313 g/mol. The molecule has 21 heavy (non-hydrogen) atoms. The highest BCUT2D eigenvalue weighted by molar-refractivity contribution is 7.88. The number of benzene rings is 2. The average molecular weight is 328 g/mol. The van der Waals surface area contributed by atoms with Crippen molar-refractivity contribution in [3.05, 3.63) is 70.5 Å². The molecule has 0 radical (unpaired) electrons. The van der Waals surface area contributed by atoms with Crippen molar-refractivity contribution in [2.24, 2.45) is 0 Å². The van der Waals surface area contributed by atoms with Gasteiger partial charge in [0.25, 0.3) is 0 Å². The second-order valence-corrected chi connectivity index (χ2v) is 6.80. The molecule has 0 fully saturated rings. The second kappa shape index (κ2) is 7.02. The maximum absolute atomic E-state index is 13.4. The fraction of sp³-hybridized carbons (Fsp3) is 0.200. The van der Waals surface area contributed by atoms with E-state index in [1.807, 2.05) is 0 Å². The van der Waals surface area contributed by atoms with E-state index in [0.717, 1.165) is 0 Å². The number of nitrogens with one attached hydrogen (secondary N) is 1. The highest BCUT2D eigenvalue weighted by Gasteiger charge is 2.13. The lowest BCUT2D eigenvalue weighted by atomic mass is 10.1. The standard InChI is InChI=1S/C15H15ClFNO2S/c16-14-7-3-1-6-13(14)11-21(19,20)18-10-9-12-5-2-4-8-15(12)17/h1-8,18H,9-11H2. The van der Waals surface area contributed by atoms with Gasteiger partial charge in [-0.25, -0.2) is 17.5 Å². The van der Waals surface area contributed by atoms with Gasteiger partial charge in [-0.3, -0.25) is 0 Å². The number of sulfonamides is 1. The van der Waals surface area contributed by atoms with Gasteiger partial charge in [0.05, 0.1) is 5.75 Å². The second-order valence-electron chi connectivity index (χ2n) is 4.59. The van der Waals surface area contributed by atoms with Gasteiger partial charge in [0.15, 0.2) is 0 Å². The molecule has 112 valence electrons. The quantitative estimate of drug-likeness (QED) is 0.886. The normalized spacial score (nSPS) is 11.5. The minimum Gasteiger partial charge on any atom is -0.215 e. The van der Waals surface area contributed by atoms with Gasteiger partial charge in [0.2, 0.25) is 10.0 Å². The summed E-state index contributed by atoms with van der Waals surface area (Å²) >= 11 is 5.94. The van der Waals surface area contributed by atoms with Crippen LogP contribution in [0.3, 0.4) is 0 Å². The highest BCUT2D eigenvalue weighted by Crippen LogP contribution is 2.17. The zero-order valence-electron chi connectivity index (χ0n) is 11.2. The lowest BCUT2D eigenvalue weighted by molar-refractivity contribution is 0.576. The molecule has 0 bridgehead atoms. The van der Waals surface area contributed by atoms with Crippen LogP contribution in [0.1, 0.15) is 11.1 Å². The van der Waals surface area contributed by atoms with Crippen LogP contribution < -0.4 is 4.72 Å². The molecule has 6 heteroatoms. The summed E-state index contributed by atoms with van der Waals surface area (Å²) in [4.78, 5) is 0. The third-order valence-corrected chi connectivity index (χ3v) is 4.68. The third-order valence-electron chi connectivity index (χ3n) is 2.98. The van der Waals surface area contributed by atoms with Gasteiger partial charge < -0.3 is 0 Å². The van der Waals surface area contributed by atoms with Crippen LogP contribution >= 0.6 is 11.6 Å². The summed E-state index contributed by atoms with van der Waals surface area (Å²) in [6.45, 7) is 0.147. The Balaban J connectivity index is 1.93. The van der Waals surface area contributed by atoms with Gasteiger partial charge in [0.1, 0.15) is 5.82 Å². The van der Waals surface area contributed by atoms with Gasteiger partial charge >= 0.3 is 0 Å². The summed E-state index contributed by atoms with van der Waals surface area (Å²) in [5.41, 5.74) is 1.02. The first-order valence-corrected chi connectivity index (χ1v) is 8.45. The van der Waals surface area contributed by atoms with Crippen molar-refractivity contribution in [1.29, 1.82) is 0 Å². The third kappa shape index (κ3) is 4.81. The van der Waals surface area contributed by atoms with E-state index >= 15 is 0 Å². The first kappa shape index (κ1) is 15.9. The van der Waals surface area contributed by atoms with Crippen molar-refractivity contribution in [3.63, 3.8) is 0 Å². The van der Waals surface area contributed by atoms with Crippen LogP contribution in [0.25, 0.3) is 0 Å². The topological polar surface area (TPSA) is 46.2 Å². The molecule has 0 amide bonds. The maximum Gasteiger partial charge on any atom is 0.215 e. The molecule has 2 aromatic rings. The predicted molar refractivity (Wildman–Crippen MR) is 82.2 cm³/mol. The van der Waals surface area contributed by atoms with E-state index in [0.29, 0.717) is 22.6 Å². The molecule has 0 unspecified atom stereocenters. The molecule has 0 spiro atoms. The van der Waals surface area contributed by atoms with Crippen molar-refractivity contribution in [3.8, 4) is 0 Å². The molecule has 1 N–H and O–H groups in total. The molecule has 2 rings (SSSR count). The Morgan fingerprint density at radius 1 is 1.00 bits per heavy atom. The fourth-order valence-corrected chi connectivity index (χ4v) is 3.37. The molecule has 0 aliphatic carbocycles. The van der Waals surface area contributed by atoms with Crippen molar-refractivity contribution in [1.82, 2.24) is 4.72 Å².